The van der Waals surface area contributed by atoms with Gasteiger partial charge in [-0.2, -0.15) is 21.6 Å². The van der Waals surface area contributed by atoms with Gasteiger partial charge in [-0.1, -0.05) is 97.1 Å². The third kappa shape index (κ3) is 4.85. The zero-order valence-corrected chi connectivity index (χ0v) is 25.4. The normalized spacial score (nSPS) is 13.0. The first-order valence-electron chi connectivity index (χ1n) is 14.6. The first-order chi connectivity index (χ1) is 21.9. The minimum atomic E-state index is -5.84. The van der Waals surface area contributed by atoms with Crippen molar-refractivity contribution >= 4 is 20.9 Å². The molecular formula is C38H27F3O4S. The lowest BCUT2D eigenvalue weighted by molar-refractivity contribution is -0.0510. The van der Waals surface area contributed by atoms with Crippen LogP contribution in [0.2, 0.25) is 0 Å². The smallest absolute Gasteiger partial charge is 0.507 e. The highest BCUT2D eigenvalue weighted by Crippen LogP contribution is 2.50. The Bertz CT molecular complexity index is 2310. The Labute approximate surface area is 264 Å². The molecule has 0 radical (unpaired) electrons. The number of alkyl halides is 3. The number of aromatic hydroxyl groups is 1. The molecule has 6 aromatic rings. The molecule has 4 nitrogen and oxygen atoms in total. The monoisotopic (exact) mass is 636 g/mol. The van der Waals surface area contributed by atoms with Gasteiger partial charge in [0.05, 0.1) is 0 Å². The van der Waals surface area contributed by atoms with E-state index in [1.807, 2.05) is 18.2 Å². The molecule has 2 aliphatic rings. The van der Waals surface area contributed by atoms with E-state index in [2.05, 4.69) is 97.9 Å². The van der Waals surface area contributed by atoms with Crippen LogP contribution in [0.5, 0.6) is 5.75 Å². The third-order valence-electron chi connectivity index (χ3n) is 8.99. The first-order valence-corrected chi connectivity index (χ1v) is 16.1. The fourth-order valence-corrected chi connectivity index (χ4v) is 6.92. The lowest BCUT2D eigenvalue weighted by Crippen LogP contribution is -2.21. The van der Waals surface area contributed by atoms with Gasteiger partial charge in [0, 0.05) is 5.39 Å². The summed E-state index contributed by atoms with van der Waals surface area (Å²) in [7, 11) is -5.84. The van der Waals surface area contributed by atoms with Crippen LogP contribution in [0.15, 0.2) is 109 Å². The second-order valence-electron chi connectivity index (χ2n) is 11.5. The number of halogens is 3. The van der Waals surface area contributed by atoms with Crippen LogP contribution in [0.4, 0.5) is 13.2 Å². The van der Waals surface area contributed by atoms with Crippen LogP contribution in [-0.4, -0.2) is 23.6 Å². The van der Waals surface area contributed by atoms with Crippen LogP contribution in [0.1, 0.15) is 27.8 Å². The molecule has 46 heavy (non-hydrogen) atoms. The Hall–Kier alpha value is -4.92. The van der Waals surface area contributed by atoms with E-state index < -0.39 is 15.6 Å². The van der Waals surface area contributed by atoms with Crippen LogP contribution in [0.25, 0.3) is 55.3 Å². The van der Waals surface area contributed by atoms with E-state index in [0.29, 0.717) is 5.75 Å². The standard InChI is InChI=1S/C37H26O.CHF3O3S/c1-22-32-19-23-9-3-5-12-26(23)34(32)21-35(29-17-18-36(38)30-14-7-6-13-28(29)30)37(22)31-16-8-15-27-25-11-4-2-10-24(25)20-33(27)31;2-1(3,4)8(5,6)7/h2-18,21,38H,19-20H2,1H3;(H,5,6,7). The van der Waals surface area contributed by atoms with Crippen molar-refractivity contribution in [2.24, 2.45) is 0 Å². The fourth-order valence-electron chi connectivity index (χ4n) is 6.92. The molecule has 0 saturated carbocycles. The van der Waals surface area contributed by atoms with Crippen molar-refractivity contribution in [3.8, 4) is 50.3 Å². The van der Waals surface area contributed by atoms with E-state index in [1.165, 1.54) is 66.8 Å². The molecule has 8 rings (SSSR count). The van der Waals surface area contributed by atoms with Gasteiger partial charge < -0.3 is 5.11 Å². The summed E-state index contributed by atoms with van der Waals surface area (Å²) in [6.07, 6.45) is 1.92. The summed E-state index contributed by atoms with van der Waals surface area (Å²) in [5.74, 6) is 0.324. The zero-order chi connectivity index (χ0) is 32.4. The molecule has 0 saturated heterocycles. The number of phenolic OH excluding ortho intramolecular Hbond substituents is 1. The topological polar surface area (TPSA) is 74.6 Å². The van der Waals surface area contributed by atoms with Gasteiger partial charge in [-0.3, -0.25) is 4.55 Å². The first kappa shape index (κ1) is 29.8. The van der Waals surface area contributed by atoms with Crippen LogP contribution in [0.3, 0.4) is 0 Å². The molecule has 6 aromatic carbocycles. The van der Waals surface area contributed by atoms with Crippen molar-refractivity contribution in [3.05, 3.63) is 137 Å². The molecule has 0 spiro atoms. The minimum Gasteiger partial charge on any atom is -0.507 e. The summed E-state index contributed by atoms with van der Waals surface area (Å²) < 4.78 is 57.5. The molecule has 2 aliphatic carbocycles. The van der Waals surface area contributed by atoms with Gasteiger partial charge in [0.2, 0.25) is 0 Å². The molecular weight excluding hydrogens is 609 g/mol. The lowest BCUT2D eigenvalue weighted by Gasteiger charge is -2.21. The van der Waals surface area contributed by atoms with Crippen molar-refractivity contribution in [1.82, 2.24) is 0 Å². The Kier molecular flexibility index (Phi) is 7.03. The SMILES string of the molecule is Cc1c2c(cc(-c3ccc(O)c4ccccc34)c1-c1cccc3c1Cc1ccccc1-3)-c1ccccc1C2.O=S(=O)(O)C(F)(F)F. The summed E-state index contributed by atoms with van der Waals surface area (Å²) in [5.41, 5.74) is 11.9. The fraction of sp³-hybridized carbons (Fsp3) is 0.105. The Morgan fingerprint density at radius 1 is 0.587 bits per heavy atom. The Morgan fingerprint density at radius 2 is 1.11 bits per heavy atom. The van der Waals surface area contributed by atoms with E-state index in [-0.39, 0.29) is 0 Å². The summed E-state index contributed by atoms with van der Waals surface area (Å²) in [6.45, 7) is 2.31. The zero-order valence-electron chi connectivity index (χ0n) is 24.6. The summed E-state index contributed by atoms with van der Waals surface area (Å²) >= 11 is 0. The van der Waals surface area contributed by atoms with E-state index in [4.69, 9.17) is 13.0 Å². The van der Waals surface area contributed by atoms with Crippen molar-refractivity contribution in [1.29, 1.82) is 0 Å². The lowest BCUT2D eigenvalue weighted by atomic mass is 9.82. The largest absolute Gasteiger partial charge is 0.522 e. The molecule has 8 heteroatoms. The second-order valence-corrected chi connectivity index (χ2v) is 13.0. The minimum absolute atomic E-state index is 0.324. The van der Waals surface area contributed by atoms with Gasteiger partial charge in [-0.15, -0.1) is 0 Å². The average Bonchev–Trinajstić information content (AvgIpc) is 3.60. The average molecular weight is 637 g/mol. The van der Waals surface area contributed by atoms with Crippen LogP contribution >= 0.6 is 0 Å². The second kappa shape index (κ2) is 10.9. The Morgan fingerprint density at radius 3 is 1.76 bits per heavy atom. The van der Waals surface area contributed by atoms with Crippen LogP contribution in [0, 0.1) is 6.92 Å². The van der Waals surface area contributed by atoms with E-state index in [0.717, 1.165) is 29.2 Å². The molecule has 0 heterocycles. The number of benzene rings is 6. The molecule has 0 amide bonds. The quantitative estimate of drug-likeness (QED) is 0.146. The Balaban J connectivity index is 0.000000378. The van der Waals surface area contributed by atoms with Gasteiger partial charge in [-0.25, -0.2) is 0 Å². The van der Waals surface area contributed by atoms with Crippen LogP contribution < -0.4 is 0 Å². The van der Waals surface area contributed by atoms with E-state index in [1.54, 1.807) is 0 Å². The summed E-state index contributed by atoms with van der Waals surface area (Å²) in [5, 5.41) is 12.7. The van der Waals surface area contributed by atoms with E-state index in [9.17, 15) is 18.3 Å². The maximum Gasteiger partial charge on any atom is 0.522 e. The van der Waals surface area contributed by atoms with Crippen molar-refractivity contribution in [2.45, 2.75) is 25.3 Å². The molecule has 230 valence electrons. The predicted octanol–water partition coefficient (Wildman–Crippen LogP) is 9.72. The number of hydrogen-bond acceptors (Lipinski definition) is 3. The van der Waals surface area contributed by atoms with Crippen LogP contribution in [-0.2, 0) is 23.0 Å². The molecule has 2 N–H and O–H groups in total. The molecule has 0 atom stereocenters. The highest BCUT2D eigenvalue weighted by Gasteiger charge is 2.44. The number of hydrogen-bond donors (Lipinski definition) is 2. The number of phenols is 1. The molecule has 0 aromatic heterocycles. The third-order valence-corrected chi connectivity index (χ3v) is 9.57. The number of fused-ring (bicyclic) bond motifs is 7. The predicted molar refractivity (Wildman–Crippen MR) is 175 cm³/mol. The van der Waals surface area contributed by atoms with E-state index >= 15 is 0 Å². The summed E-state index contributed by atoms with van der Waals surface area (Å²) in [6, 6.07) is 39.0. The maximum absolute atomic E-state index is 10.7. The van der Waals surface area contributed by atoms with Gasteiger partial charge in [0.1, 0.15) is 5.75 Å². The van der Waals surface area contributed by atoms with Gasteiger partial charge >= 0.3 is 15.6 Å². The molecule has 0 aliphatic heterocycles. The van der Waals surface area contributed by atoms with Gasteiger partial charge in [0.25, 0.3) is 0 Å². The van der Waals surface area contributed by atoms with Gasteiger partial charge in [0.15, 0.2) is 0 Å². The summed E-state index contributed by atoms with van der Waals surface area (Å²) in [4.78, 5) is 0. The van der Waals surface area contributed by atoms with Crippen molar-refractivity contribution < 1.29 is 31.2 Å². The highest BCUT2D eigenvalue weighted by molar-refractivity contribution is 7.86. The van der Waals surface area contributed by atoms with Gasteiger partial charge in [-0.05, 0) is 110 Å². The molecule has 0 unspecified atom stereocenters. The molecule has 0 bridgehead atoms. The van der Waals surface area contributed by atoms with Crippen molar-refractivity contribution in [2.75, 3.05) is 0 Å². The molecule has 0 fully saturated rings. The maximum atomic E-state index is 10.7. The highest BCUT2D eigenvalue weighted by atomic mass is 32.2. The van der Waals surface area contributed by atoms with Crippen molar-refractivity contribution in [3.63, 3.8) is 0 Å². The number of rotatable bonds is 2.